The second-order valence-electron chi connectivity index (χ2n) is 5.18. The number of aliphatic carboxylic acids is 1. The Balaban J connectivity index is 3.18. The third-order valence-corrected chi connectivity index (χ3v) is 3.35. The lowest BCUT2D eigenvalue weighted by atomic mass is 9.89. The lowest BCUT2D eigenvalue weighted by Crippen LogP contribution is -2.51. The molecule has 0 fully saturated rings. The van der Waals surface area contributed by atoms with Gasteiger partial charge in [0, 0.05) is 6.54 Å². The highest BCUT2D eigenvalue weighted by molar-refractivity contribution is 5.80. The van der Waals surface area contributed by atoms with Crippen molar-refractivity contribution in [2.45, 2.75) is 33.2 Å². The van der Waals surface area contributed by atoms with Crippen LogP contribution in [0.3, 0.4) is 0 Å². The predicted octanol–water partition coefficient (Wildman–Crippen LogP) is 2.96. The molecule has 0 radical (unpaired) electrons. The molecule has 0 aliphatic carbocycles. The highest BCUT2D eigenvalue weighted by Crippen LogP contribution is 2.29. The lowest BCUT2D eigenvalue weighted by Gasteiger charge is -2.38. The zero-order chi connectivity index (χ0) is 13.8. The summed E-state index contributed by atoms with van der Waals surface area (Å²) >= 11 is 0. The van der Waals surface area contributed by atoms with Crippen LogP contribution in [0.2, 0.25) is 0 Å². The van der Waals surface area contributed by atoms with Crippen molar-refractivity contribution in [3.63, 3.8) is 0 Å². The smallest absolute Gasteiger partial charge is 0.328 e. The SMILES string of the molecule is CCN(CC(C)C)C(C)(C(=O)O)c1ccccc1. The van der Waals surface area contributed by atoms with E-state index in [1.165, 1.54) is 0 Å². The van der Waals surface area contributed by atoms with Gasteiger partial charge in [-0.3, -0.25) is 4.90 Å². The van der Waals surface area contributed by atoms with Gasteiger partial charge in [0.2, 0.25) is 0 Å². The summed E-state index contributed by atoms with van der Waals surface area (Å²) in [5, 5.41) is 9.66. The van der Waals surface area contributed by atoms with E-state index in [0.29, 0.717) is 5.92 Å². The Morgan fingerprint density at radius 3 is 2.28 bits per heavy atom. The van der Waals surface area contributed by atoms with Crippen LogP contribution in [-0.4, -0.2) is 29.1 Å². The summed E-state index contributed by atoms with van der Waals surface area (Å²) < 4.78 is 0. The second kappa shape index (κ2) is 6.01. The van der Waals surface area contributed by atoms with Crippen LogP contribution in [-0.2, 0) is 10.3 Å². The van der Waals surface area contributed by atoms with Gasteiger partial charge in [-0.25, -0.2) is 4.79 Å². The van der Waals surface area contributed by atoms with E-state index in [1.807, 2.05) is 42.2 Å². The van der Waals surface area contributed by atoms with Crippen molar-refractivity contribution in [3.8, 4) is 0 Å². The van der Waals surface area contributed by atoms with E-state index in [4.69, 9.17) is 0 Å². The van der Waals surface area contributed by atoms with Crippen LogP contribution < -0.4 is 0 Å². The van der Waals surface area contributed by atoms with E-state index in [1.54, 1.807) is 6.92 Å². The summed E-state index contributed by atoms with van der Waals surface area (Å²) in [6.07, 6.45) is 0. The first kappa shape index (κ1) is 14.7. The minimum atomic E-state index is -0.958. The predicted molar refractivity (Wildman–Crippen MR) is 73.5 cm³/mol. The summed E-state index contributed by atoms with van der Waals surface area (Å²) in [5.74, 6) is -0.358. The van der Waals surface area contributed by atoms with Gasteiger partial charge in [0.1, 0.15) is 5.54 Å². The van der Waals surface area contributed by atoms with Crippen molar-refractivity contribution in [3.05, 3.63) is 35.9 Å². The topological polar surface area (TPSA) is 40.5 Å². The van der Waals surface area contributed by atoms with Crippen molar-refractivity contribution >= 4 is 5.97 Å². The molecule has 100 valence electrons. The van der Waals surface area contributed by atoms with Crippen LogP contribution in [0.1, 0.15) is 33.3 Å². The molecule has 0 aliphatic rings. The molecule has 1 rings (SSSR count). The molecule has 18 heavy (non-hydrogen) atoms. The largest absolute Gasteiger partial charge is 0.480 e. The maximum Gasteiger partial charge on any atom is 0.328 e. The van der Waals surface area contributed by atoms with Crippen molar-refractivity contribution in [1.82, 2.24) is 4.90 Å². The molecule has 0 amide bonds. The van der Waals surface area contributed by atoms with Gasteiger partial charge >= 0.3 is 5.97 Å². The van der Waals surface area contributed by atoms with Gasteiger partial charge < -0.3 is 5.11 Å². The Morgan fingerprint density at radius 1 is 1.33 bits per heavy atom. The fourth-order valence-electron chi connectivity index (χ4n) is 2.27. The van der Waals surface area contributed by atoms with Gasteiger partial charge in [-0.05, 0) is 24.9 Å². The minimum absolute atomic E-state index is 0.437. The van der Waals surface area contributed by atoms with Crippen molar-refractivity contribution < 1.29 is 9.90 Å². The van der Waals surface area contributed by atoms with Gasteiger partial charge in [-0.1, -0.05) is 51.1 Å². The van der Waals surface area contributed by atoms with Gasteiger partial charge in [0.25, 0.3) is 0 Å². The Morgan fingerprint density at radius 2 is 1.89 bits per heavy atom. The van der Waals surface area contributed by atoms with E-state index in [2.05, 4.69) is 13.8 Å². The number of carboxylic acid groups (broad SMARTS) is 1. The molecule has 3 heteroatoms. The van der Waals surface area contributed by atoms with Crippen molar-refractivity contribution in [1.29, 1.82) is 0 Å². The summed E-state index contributed by atoms with van der Waals surface area (Å²) in [4.78, 5) is 13.8. The average Bonchev–Trinajstić information content (AvgIpc) is 2.35. The number of benzene rings is 1. The fraction of sp³-hybridized carbons (Fsp3) is 0.533. The zero-order valence-corrected chi connectivity index (χ0v) is 11.7. The Labute approximate surface area is 109 Å². The first-order chi connectivity index (χ1) is 8.42. The highest BCUT2D eigenvalue weighted by Gasteiger charge is 2.40. The molecule has 1 unspecified atom stereocenters. The molecular formula is C15H23NO2. The molecule has 1 atom stereocenters. The molecule has 0 spiro atoms. The lowest BCUT2D eigenvalue weighted by molar-refractivity contribution is -0.151. The average molecular weight is 249 g/mol. The maximum absolute atomic E-state index is 11.8. The van der Waals surface area contributed by atoms with E-state index < -0.39 is 11.5 Å². The molecule has 0 aromatic heterocycles. The number of nitrogens with zero attached hydrogens (tertiary/aromatic N) is 1. The van der Waals surface area contributed by atoms with Crippen molar-refractivity contribution in [2.24, 2.45) is 5.92 Å². The first-order valence-corrected chi connectivity index (χ1v) is 6.46. The zero-order valence-electron chi connectivity index (χ0n) is 11.7. The van der Waals surface area contributed by atoms with Crippen LogP contribution in [0.25, 0.3) is 0 Å². The molecular weight excluding hydrogens is 226 g/mol. The van der Waals surface area contributed by atoms with E-state index in [0.717, 1.165) is 18.7 Å². The number of hydrogen-bond donors (Lipinski definition) is 1. The van der Waals surface area contributed by atoms with Crippen LogP contribution >= 0.6 is 0 Å². The first-order valence-electron chi connectivity index (χ1n) is 6.46. The van der Waals surface area contributed by atoms with Crippen LogP contribution in [0, 0.1) is 5.92 Å². The highest BCUT2D eigenvalue weighted by atomic mass is 16.4. The maximum atomic E-state index is 11.8. The van der Waals surface area contributed by atoms with Crippen molar-refractivity contribution in [2.75, 3.05) is 13.1 Å². The molecule has 0 saturated carbocycles. The third-order valence-electron chi connectivity index (χ3n) is 3.35. The number of rotatable bonds is 6. The van der Waals surface area contributed by atoms with Gasteiger partial charge in [0.05, 0.1) is 0 Å². The molecule has 1 aromatic rings. The Bertz CT molecular complexity index is 389. The molecule has 1 N–H and O–H groups in total. The minimum Gasteiger partial charge on any atom is -0.480 e. The Kier molecular flexibility index (Phi) is 4.91. The third kappa shape index (κ3) is 2.91. The standard InChI is InChI=1S/C15H23NO2/c1-5-16(11-12(2)3)15(4,14(17)18)13-9-7-6-8-10-13/h6-10,12H,5,11H2,1-4H3,(H,17,18). The van der Waals surface area contributed by atoms with Gasteiger partial charge in [-0.2, -0.15) is 0 Å². The number of carboxylic acids is 1. The van der Waals surface area contributed by atoms with Crippen LogP contribution in [0.15, 0.2) is 30.3 Å². The van der Waals surface area contributed by atoms with E-state index in [9.17, 15) is 9.90 Å². The quantitative estimate of drug-likeness (QED) is 0.842. The summed E-state index contributed by atoms with van der Waals surface area (Å²) in [6, 6.07) is 9.46. The van der Waals surface area contributed by atoms with Crippen LogP contribution in [0.5, 0.6) is 0 Å². The normalized spacial score (nSPS) is 14.8. The molecule has 0 saturated heterocycles. The Hall–Kier alpha value is -1.35. The second-order valence-corrected chi connectivity index (χ2v) is 5.18. The number of likely N-dealkylation sites (N-methyl/N-ethyl adjacent to an activating group) is 1. The number of carbonyl (C=O) groups is 1. The summed E-state index contributed by atoms with van der Waals surface area (Å²) in [5.41, 5.74) is -0.125. The van der Waals surface area contributed by atoms with E-state index in [-0.39, 0.29) is 0 Å². The molecule has 3 nitrogen and oxygen atoms in total. The molecule has 1 aromatic carbocycles. The monoisotopic (exact) mass is 249 g/mol. The van der Waals surface area contributed by atoms with Gasteiger partial charge in [-0.15, -0.1) is 0 Å². The van der Waals surface area contributed by atoms with Gasteiger partial charge in [0.15, 0.2) is 0 Å². The van der Waals surface area contributed by atoms with E-state index >= 15 is 0 Å². The molecule has 0 heterocycles. The molecule has 0 bridgehead atoms. The molecule has 0 aliphatic heterocycles. The number of hydrogen-bond acceptors (Lipinski definition) is 2. The summed E-state index contributed by atoms with van der Waals surface area (Å²) in [6.45, 7) is 9.50. The fourth-order valence-corrected chi connectivity index (χ4v) is 2.27. The summed E-state index contributed by atoms with van der Waals surface area (Å²) in [7, 11) is 0. The van der Waals surface area contributed by atoms with Crippen LogP contribution in [0.4, 0.5) is 0 Å².